The van der Waals surface area contributed by atoms with Crippen molar-refractivity contribution in [2.75, 3.05) is 4.90 Å². The lowest BCUT2D eigenvalue weighted by atomic mass is 9.97. The Hall–Kier alpha value is -2.51. The van der Waals surface area contributed by atoms with E-state index in [0.29, 0.717) is 12.5 Å². The zero-order chi connectivity index (χ0) is 21.3. The van der Waals surface area contributed by atoms with E-state index in [1.807, 2.05) is 54.1 Å². The first kappa shape index (κ1) is 20.8. The molecule has 4 rings (SSSR count). The van der Waals surface area contributed by atoms with Gasteiger partial charge in [0.05, 0.1) is 29.2 Å². The van der Waals surface area contributed by atoms with E-state index in [0.717, 1.165) is 26.8 Å². The number of hydrogen-bond acceptors (Lipinski definition) is 5. The third-order valence-corrected chi connectivity index (χ3v) is 7.45. The summed E-state index contributed by atoms with van der Waals surface area (Å²) in [5.74, 6) is -0.178. The van der Waals surface area contributed by atoms with Gasteiger partial charge in [-0.05, 0) is 30.5 Å². The second-order valence-electron chi connectivity index (χ2n) is 7.92. The second kappa shape index (κ2) is 8.70. The van der Waals surface area contributed by atoms with Gasteiger partial charge in [0.2, 0.25) is 11.8 Å². The predicted molar refractivity (Wildman–Crippen MR) is 122 cm³/mol. The molecule has 1 aromatic carbocycles. The number of benzene rings is 1. The van der Waals surface area contributed by atoms with E-state index in [-0.39, 0.29) is 24.3 Å². The van der Waals surface area contributed by atoms with E-state index in [2.05, 4.69) is 24.1 Å². The Kier molecular flexibility index (Phi) is 6.01. The third kappa shape index (κ3) is 4.18. The lowest BCUT2D eigenvalue weighted by Gasteiger charge is -2.27. The van der Waals surface area contributed by atoms with Crippen LogP contribution in [-0.2, 0) is 16.1 Å². The molecule has 1 fully saturated rings. The molecule has 0 spiro atoms. The smallest absolute Gasteiger partial charge is 0.228 e. The van der Waals surface area contributed by atoms with Crippen LogP contribution in [0, 0.1) is 12.8 Å². The first-order valence-corrected chi connectivity index (χ1v) is 11.8. The van der Waals surface area contributed by atoms with Crippen LogP contribution in [0.5, 0.6) is 0 Å². The molecule has 30 heavy (non-hydrogen) atoms. The number of nitrogens with zero attached hydrogens (tertiary/aromatic N) is 2. The molecule has 156 valence electrons. The van der Waals surface area contributed by atoms with Gasteiger partial charge in [-0.15, -0.1) is 22.7 Å². The van der Waals surface area contributed by atoms with Crippen molar-refractivity contribution in [3.8, 4) is 0 Å². The molecule has 1 saturated heterocycles. The Bertz CT molecular complexity index is 1030. The normalized spacial score (nSPS) is 18.9. The Balaban J connectivity index is 1.55. The van der Waals surface area contributed by atoms with Gasteiger partial charge < -0.3 is 10.2 Å². The monoisotopic (exact) mass is 439 g/mol. The molecule has 7 heteroatoms. The summed E-state index contributed by atoms with van der Waals surface area (Å²) < 4.78 is 0. The number of amides is 2. The van der Waals surface area contributed by atoms with Crippen LogP contribution in [0.3, 0.4) is 0 Å². The molecular weight excluding hydrogens is 414 g/mol. The van der Waals surface area contributed by atoms with Crippen molar-refractivity contribution in [3.63, 3.8) is 0 Å². The maximum atomic E-state index is 13.1. The molecular formula is C23H25N3O2S2. The summed E-state index contributed by atoms with van der Waals surface area (Å²) in [6, 6.07) is 11.6. The highest BCUT2D eigenvalue weighted by Crippen LogP contribution is 2.43. The molecule has 1 aliphatic rings. The third-order valence-electron chi connectivity index (χ3n) is 5.31. The van der Waals surface area contributed by atoms with Gasteiger partial charge in [0.1, 0.15) is 0 Å². The van der Waals surface area contributed by atoms with Gasteiger partial charge in [0.25, 0.3) is 0 Å². The topological polar surface area (TPSA) is 62.3 Å². The lowest BCUT2D eigenvalue weighted by Crippen LogP contribution is -2.35. The quantitative estimate of drug-likeness (QED) is 0.585. The van der Waals surface area contributed by atoms with Gasteiger partial charge in [-0.25, -0.2) is 4.98 Å². The standard InChI is InChI=1S/C23H25N3O2S2/c1-14(2)23-25-16(13-30-23)12-24-22(28)18-11-20(27)26(17-8-6-15(3)7-9-17)21(18)19-5-4-10-29-19/h4-10,13-14,18,21H,11-12H2,1-3H3,(H,24,28). The number of aryl methyl sites for hydroxylation is 1. The summed E-state index contributed by atoms with van der Waals surface area (Å²) in [6.45, 7) is 6.62. The van der Waals surface area contributed by atoms with Gasteiger partial charge in [0.15, 0.2) is 0 Å². The highest BCUT2D eigenvalue weighted by molar-refractivity contribution is 7.10. The number of hydrogen-bond donors (Lipinski definition) is 1. The number of aromatic nitrogens is 1. The van der Waals surface area contributed by atoms with E-state index < -0.39 is 5.92 Å². The Morgan fingerprint density at radius 1 is 1.23 bits per heavy atom. The number of thiophene rings is 1. The highest BCUT2D eigenvalue weighted by Gasteiger charge is 2.45. The number of nitrogens with one attached hydrogen (secondary N) is 1. The highest BCUT2D eigenvalue weighted by atomic mass is 32.1. The molecule has 1 aliphatic heterocycles. The molecule has 3 heterocycles. The average molecular weight is 440 g/mol. The molecule has 3 aromatic rings. The molecule has 0 saturated carbocycles. The van der Waals surface area contributed by atoms with E-state index >= 15 is 0 Å². The van der Waals surface area contributed by atoms with Crippen molar-refractivity contribution in [1.29, 1.82) is 0 Å². The van der Waals surface area contributed by atoms with E-state index in [4.69, 9.17) is 0 Å². The Morgan fingerprint density at radius 2 is 2.00 bits per heavy atom. The molecule has 2 aromatic heterocycles. The molecule has 2 unspecified atom stereocenters. The molecule has 0 aliphatic carbocycles. The van der Waals surface area contributed by atoms with Crippen LogP contribution in [0.25, 0.3) is 0 Å². The maximum Gasteiger partial charge on any atom is 0.228 e. The number of carbonyl (C=O) groups is 2. The van der Waals surface area contributed by atoms with Crippen LogP contribution in [0.15, 0.2) is 47.2 Å². The second-order valence-corrected chi connectivity index (χ2v) is 9.79. The number of carbonyl (C=O) groups excluding carboxylic acids is 2. The van der Waals surface area contributed by atoms with E-state index in [1.54, 1.807) is 27.6 Å². The Labute approximate surface area is 184 Å². The van der Waals surface area contributed by atoms with Crippen molar-refractivity contribution in [3.05, 3.63) is 68.3 Å². The number of anilines is 1. The number of rotatable bonds is 6. The van der Waals surface area contributed by atoms with E-state index in [9.17, 15) is 9.59 Å². The molecule has 5 nitrogen and oxygen atoms in total. The molecule has 0 bridgehead atoms. The lowest BCUT2D eigenvalue weighted by molar-refractivity contribution is -0.127. The van der Waals surface area contributed by atoms with Crippen LogP contribution in [-0.4, -0.2) is 16.8 Å². The van der Waals surface area contributed by atoms with E-state index in [1.165, 1.54) is 0 Å². The van der Waals surface area contributed by atoms with Crippen LogP contribution < -0.4 is 10.2 Å². The Morgan fingerprint density at radius 3 is 2.63 bits per heavy atom. The predicted octanol–water partition coefficient (Wildman–Crippen LogP) is 5.05. The fourth-order valence-corrected chi connectivity index (χ4v) is 5.46. The zero-order valence-corrected chi connectivity index (χ0v) is 18.9. The first-order chi connectivity index (χ1) is 14.4. The van der Waals surface area contributed by atoms with Crippen molar-refractivity contribution >= 4 is 40.2 Å². The minimum atomic E-state index is -0.430. The largest absolute Gasteiger partial charge is 0.350 e. The SMILES string of the molecule is Cc1ccc(N2C(=O)CC(C(=O)NCc3csc(C(C)C)n3)C2c2cccs2)cc1. The first-order valence-electron chi connectivity index (χ1n) is 10.1. The minimum absolute atomic E-state index is 0.0202. The molecule has 1 N–H and O–H groups in total. The maximum absolute atomic E-state index is 13.1. The van der Waals surface area contributed by atoms with Crippen LogP contribution in [0.4, 0.5) is 5.69 Å². The van der Waals surface area contributed by atoms with Gasteiger partial charge in [-0.1, -0.05) is 37.6 Å². The van der Waals surface area contributed by atoms with Crippen molar-refractivity contribution in [1.82, 2.24) is 10.3 Å². The fourth-order valence-electron chi connectivity index (χ4n) is 3.74. The summed E-state index contributed by atoms with van der Waals surface area (Å²) in [5, 5.41) is 8.06. The summed E-state index contributed by atoms with van der Waals surface area (Å²) in [7, 11) is 0. The summed E-state index contributed by atoms with van der Waals surface area (Å²) in [4.78, 5) is 33.5. The minimum Gasteiger partial charge on any atom is -0.350 e. The molecule has 2 amide bonds. The summed E-state index contributed by atoms with van der Waals surface area (Å²) in [6.07, 6.45) is 0.205. The zero-order valence-electron chi connectivity index (χ0n) is 17.3. The van der Waals surface area contributed by atoms with Crippen LogP contribution >= 0.6 is 22.7 Å². The van der Waals surface area contributed by atoms with Crippen LogP contribution in [0.1, 0.15) is 53.4 Å². The van der Waals surface area contributed by atoms with Crippen LogP contribution in [0.2, 0.25) is 0 Å². The molecule has 0 radical (unpaired) electrons. The average Bonchev–Trinajstić information content (AvgIpc) is 3.46. The number of thiazole rings is 1. The van der Waals surface area contributed by atoms with Gasteiger partial charge in [-0.3, -0.25) is 9.59 Å². The fraction of sp³-hybridized carbons (Fsp3) is 0.348. The van der Waals surface area contributed by atoms with Gasteiger partial charge in [0, 0.05) is 28.3 Å². The van der Waals surface area contributed by atoms with Gasteiger partial charge >= 0.3 is 0 Å². The van der Waals surface area contributed by atoms with Crippen molar-refractivity contribution < 1.29 is 9.59 Å². The summed E-state index contributed by atoms with van der Waals surface area (Å²) in [5.41, 5.74) is 2.83. The summed E-state index contributed by atoms with van der Waals surface area (Å²) >= 11 is 3.20. The molecule has 2 atom stereocenters. The van der Waals surface area contributed by atoms with Crippen molar-refractivity contribution in [2.45, 2.75) is 45.7 Å². The van der Waals surface area contributed by atoms with Crippen molar-refractivity contribution in [2.24, 2.45) is 5.92 Å². The van der Waals surface area contributed by atoms with Gasteiger partial charge in [-0.2, -0.15) is 0 Å².